The van der Waals surface area contributed by atoms with Gasteiger partial charge in [0.25, 0.3) is 0 Å². The lowest BCUT2D eigenvalue weighted by molar-refractivity contribution is -0.121. The molecule has 1 saturated heterocycles. The Balaban J connectivity index is 2.38. The lowest BCUT2D eigenvalue weighted by Gasteiger charge is -2.22. The molecule has 0 bridgehead atoms. The SMILES string of the molecule is O=S(=O)(CC1CCNCC1)NCC(F)(F)F. The van der Waals surface area contributed by atoms with E-state index in [1.807, 2.05) is 0 Å². The Kier molecular flexibility index (Phi) is 4.57. The van der Waals surface area contributed by atoms with Gasteiger partial charge in [-0.25, -0.2) is 13.1 Å². The second kappa shape index (κ2) is 5.33. The third-order valence-electron chi connectivity index (χ3n) is 2.41. The Hall–Kier alpha value is -0.340. The zero-order valence-electron chi connectivity index (χ0n) is 8.68. The predicted octanol–water partition coefficient (Wildman–Crippen LogP) is 0.468. The lowest BCUT2D eigenvalue weighted by Crippen LogP contribution is -2.39. The van der Waals surface area contributed by atoms with Crippen molar-refractivity contribution in [1.82, 2.24) is 10.0 Å². The van der Waals surface area contributed by atoms with E-state index in [0.29, 0.717) is 12.8 Å². The highest BCUT2D eigenvalue weighted by molar-refractivity contribution is 7.89. The highest BCUT2D eigenvalue weighted by atomic mass is 32.2. The molecule has 1 rings (SSSR count). The monoisotopic (exact) mass is 260 g/mol. The third kappa shape index (κ3) is 5.66. The zero-order valence-corrected chi connectivity index (χ0v) is 9.50. The predicted molar refractivity (Wildman–Crippen MR) is 53.4 cm³/mol. The van der Waals surface area contributed by atoms with E-state index in [9.17, 15) is 21.6 Å². The molecule has 1 aliphatic rings. The van der Waals surface area contributed by atoms with E-state index < -0.39 is 22.7 Å². The van der Waals surface area contributed by atoms with Gasteiger partial charge in [-0.05, 0) is 31.8 Å². The van der Waals surface area contributed by atoms with Crippen LogP contribution in [-0.2, 0) is 10.0 Å². The van der Waals surface area contributed by atoms with E-state index in [-0.39, 0.29) is 11.7 Å². The van der Waals surface area contributed by atoms with Gasteiger partial charge < -0.3 is 5.32 Å². The van der Waals surface area contributed by atoms with Gasteiger partial charge in [0.1, 0.15) is 6.54 Å². The van der Waals surface area contributed by atoms with E-state index >= 15 is 0 Å². The Morgan fingerprint density at radius 1 is 1.25 bits per heavy atom. The summed E-state index contributed by atoms with van der Waals surface area (Å²) in [6.07, 6.45) is -3.12. The molecule has 16 heavy (non-hydrogen) atoms. The largest absolute Gasteiger partial charge is 0.402 e. The molecular weight excluding hydrogens is 245 g/mol. The van der Waals surface area contributed by atoms with Crippen molar-refractivity contribution < 1.29 is 21.6 Å². The molecule has 4 nitrogen and oxygen atoms in total. The van der Waals surface area contributed by atoms with Gasteiger partial charge in [0.15, 0.2) is 0 Å². The number of nitrogens with one attached hydrogen (secondary N) is 2. The molecule has 1 fully saturated rings. The quantitative estimate of drug-likeness (QED) is 0.772. The Morgan fingerprint density at radius 2 is 1.81 bits per heavy atom. The second-order valence-electron chi connectivity index (χ2n) is 3.91. The van der Waals surface area contributed by atoms with Crippen LogP contribution in [0.4, 0.5) is 13.2 Å². The first-order valence-corrected chi connectivity index (χ1v) is 6.68. The summed E-state index contributed by atoms with van der Waals surface area (Å²) in [5.74, 6) is -0.267. The van der Waals surface area contributed by atoms with Crippen molar-refractivity contribution in [3.8, 4) is 0 Å². The average molecular weight is 260 g/mol. The number of piperidine rings is 1. The fourth-order valence-corrected chi connectivity index (χ4v) is 3.06. The van der Waals surface area contributed by atoms with E-state index in [4.69, 9.17) is 0 Å². The van der Waals surface area contributed by atoms with Gasteiger partial charge in [0, 0.05) is 0 Å². The van der Waals surface area contributed by atoms with Crippen molar-refractivity contribution in [2.45, 2.75) is 19.0 Å². The maximum absolute atomic E-state index is 11.8. The van der Waals surface area contributed by atoms with Crippen LogP contribution >= 0.6 is 0 Å². The maximum Gasteiger partial charge on any atom is 0.402 e. The number of sulfonamides is 1. The molecule has 0 spiro atoms. The highest BCUT2D eigenvalue weighted by Gasteiger charge is 2.30. The maximum atomic E-state index is 11.8. The standard InChI is InChI=1S/C8H15F3N2O2S/c9-8(10,11)6-13-16(14,15)5-7-1-3-12-4-2-7/h7,12-13H,1-6H2. The van der Waals surface area contributed by atoms with Gasteiger partial charge >= 0.3 is 6.18 Å². The summed E-state index contributed by atoms with van der Waals surface area (Å²) in [6.45, 7) is -0.0424. The van der Waals surface area contributed by atoms with Crippen LogP contribution in [0.15, 0.2) is 0 Å². The van der Waals surface area contributed by atoms with Crippen LogP contribution in [-0.4, -0.2) is 40.0 Å². The number of halogens is 3. The Labute approximate surface area is 92.6 Å². The van der Waals surface area contributed by atoms with E-state index in [1.54, 1.807) is 4.72 Å². The average Bonchev–Trinajstić information content (AvgIpc) is 2.15. The first kappa shape index (κ1) is 13.7. The first-order chi connectivity index (χ1) is 7.29. The van der Waals surface area contributed by atoms with Crippen LogP contribution in [0, 0.1) is 5.92 Å². The second-order valence-corrected chi connectivity index (χ2v) is 5.76. The van der Waals surface area contributed by atoms with Crippen molar-refractivity contribution >= 4 is 10.0 Å². The Bertz CT molecular complexity index is 310. The van der Waals surface area contributed by atoms with E-state index in [0.717, 1.165) is 13.1 Å². The minimum absolute atomic E-state index is 0.0491. The van der Waals surface area contributed by atoms with Crippen LogP contribution in [0.3, 0.4) is 0 Å². The summed E-state index contributed by atoms with van der Waals surface area (Å²) in [5, 5.41) is 3.06. The normalized spacial score (nSPS) is 19.9. The van der Waals surface area contributed by atoms with Crippen molar-refractivity contribution in [2.24, 2.45) is 5.92 Å². The lowest BCUT2D eigenvalue weighted by atomic mass is 10.0. The number of hydrogen-bond acceptors (Lipinski definition) is 3. The summed E-state index contributed by atoms with van der Waals surface area (Å²) in [5.41, 5.74) is 0. The summed E-state index contributed by atoms with van der Waals surface area (Å²) in [6, 6.07) is 0. The molecule has 0 amide bonds. The van der Waals surface area contributed by atoms with Crippen molar-refractivity contribution in [2.75, 3.05) is 25.4 Å². The first-order valence-electron chi connectivity index (χ1n) is 5.03. The molecule has 0 aliphatic carbocycles. The fourth-order valence-electron chi connectivity index (χ4n) is 1.61. The van der Waals surface area contributed by atoms with E-state index in [1.165, 1.54) is 0 Å². The molecule has 0 aromatic carbocycles. The topological polar surface area (TPSA) is 58.2 Å². The molecule has 0 aromatic heterocycles. The van der Waals surface area contributed by atoms with Gasteiger partial charge in [-0.1, -0.05) is 0 Å². The van der Waals surface area contributed by atoms with Crippen LogP contribution < -0.4 is 10.0 Å². The van der Waals surface area contributed by atoms with Crippen LogP contribution in [0.25, 0.3) is 0 Å². The van der Waals surface area contributed by atoms with Crippen molar-refractivity contribution in [3.63, 3.8) is 0 Å². The highest BCUT2D eigenvalue weighted by Crippen LogP contribution is 2.16. The van der Waals surface area contributed by atoms with Crippen molar-refractivity contribution in [1.29, 1.82) is 0 Å². The van der Waals surface area contributed by atoms with Crippen LogP contribution in [0.1, 0.15) is 12.8 Å². The summed E-state index contributed by atoms with van der Waals surface area (Å²) in [4.78, 5) is 0. The molecule has 0 saturated carbocycles. The van der Waals surface area contributed by atoms with E-state index in [2.05, 4.69) is 5.32 Å². The molecule has 2 N–H and O–H groups in total. The van der Waals surface area contributed by atoms with Gasteiger partial charge in [-0.2, -0.15) is 13.2 Å². The molecule has 96 valence electrons. The summed E-state index contributed by atoms with van der Waals surface area (Å²) < 4.78 is 59.7. The van der Waals surface area contributed by atoms with Crippen LogP contribution in [0.5, 0.6) is 0 Å². The third-order valence-corrected chi connectivity index (χ3v) is 3.90. The minimum atomic E-state index is -4.50. The number of hydrogen-bond donors (Lipinski definition) is 2. The molecule has 1 heterocycles. The molecule has 0 atom stereocenters. The molecule has 1 aliphatic heterocycles. The minimum Gasteiger partial charge on any atom is -0.317 e. The van der Waals surface area contributed by atoms with Gasteiger partial charge in [-0.3, -0.25) is 0 Å². The summed E-state index contributed by atoms with van der Waals surface area (Å²) in [7, 11) is -3.81. The molecule has 0 aromatic rings. The summed E-state index contributed by atoms with van der Waals surface area (Å²) >= 11 is 0. The van der Waals surface area contributed by atoms with Crippen molar-refractivity contribution in [3.05, 3.63) is 0 Å². The number of rotatable bonds is 4. The molecule has 8 heteroatoms. The molecule has 0 radical (unpaired) electrons. The molecule has 0 unspecified atom stereocenters. The van der Waals surface area contributed by atoms with Gasteiger partial charge in [0.2, 0.25) is 10.0 Å². The fraction of sp³-hybridized carbons (Fsp3) is 1.00. The number of alkyl halides is 3. The smallest absolute Gasteiger partial charge is 0.317 e. The molecular formula is C8H15F3N2O2S. The zero-order chi connectivity index (χ0) is 12.2. The van der Waals surface area contributed by atoms with Gasteiger partial charge in [-0.15, -0.1) is 0 Å². The van der Waals surface area contributed by atoms with Crippen LogP contribution in [0.2, 0.25) is 0 Å². The Morgan fingerprint density at radius 3 is 2.31 bits per heavy atom. The van der Waals surface area contributed by atoms with Gasteiger partial charge in [0.05, 0.1) is 5.75 Å².